The summed E-state index contributed by atoms with van der Waals surface area (Å²) in [6, 6.07) is 0. The van der Waals surface area contributed by atoms with Crippen LogP contribution in [0, 0.1) is 5.92 Å². The summed E-state index contributed by atoms with van der Waals surface area (Å²) in [5.41, 5.74) is 2.97. The molecule has 0 aromatic heterocycles. The maximum atomic E-state index is 11.2. The number of allylic oxidation sites excluding steroid dienone is 2. The summed E-state index contributed by atoms with van der Waals surface area (Å²) in [6.07, 6.45) is 4.03. The van der Waals surface area contributed by atoms with Gasteiger partial charge in [-0.1, -0.05) is 11.1 Å². The van der Waals surface area contributed by atoms with Crippen LogP contribution in [0.15, 0.2) is 11.1 Å². The standard InChI is InChI=1S/C12H20O2/c1-4-14-12(13)8-10-5-6-11(7-10)9(2)3/h10H,4-8H2,1-3H3. The molecule has 2 nitrogen and oxygen atoms in total. The maximum absolute atomic E-state index is 11.2. The van der Waals surface area contributed by atoms with Crippen molar-refractivity contribution < 1.29 is 9.53 Å². The molecule has 0 aromatic rings. The van der Waals surface area contributed by atoms with Gasteiger partial charge in [-0.05, 0) is 46.0 Å². The van der Waals surface area contributed by atoms with E-state index in [1.165, 1.54) is 12.0 Å². The second-order valence-electron chi connectivity index (χ2n) is 4.22. The smallest absolute Gasteiger partial charge is 0.306 e. The molecular weight excluding hydrogens is 176 g/mol. The van der Waals surface area contributed by atoms with Crippen molar-refractivity contribution in [1.29, 1.82) is 0 Å². The Labute approximate surface area is 86.3 Å². The predicted octanol–water partition coefficient (Wildman–Crippen LogP) is 3.08. The minimum atomic E-state index is -0.0347. The minimum Gasteiger partial charge on any atom is -0.466 e. The van der Waals surface area contributed by atoms with Gasteiger partial charge in [0.25, 0.3) is 0 Å². The molecule has 0 aliphatic heterocycles. The van der Waals surface area contributed by atoms with Crippen LogP contribution in [0.1, 0.15) is 46.5 Å². The van der Waals surface area contributed by atoms with Crippen molar-refractivity contribution in [2.24, 2.45) is 5.92 Å². The first kappa shape index (κ1) is 11.3. The van der Waals surface area contributed by atoms with Crippen LogP contribution in [0.5, 0.6) is 0 Å². The van der Waals surface area contributed by atoms with Gasteiger partial charge in [0.05, 0.1) is 6.61 Å². The normalized spacial score (nSPS) is 21.1. The van der Waals surface area contributed by atoms with Crippen LogP contribution in [-0.2, 0) is 9.53 Å². The molecule has 0 radical (unpaired) electrons. The van der Waals surface area contributed by atoms with Gasteiger partial charge in [-0.2, -0.15) is 0 Å². The lowest BCUT2D eigenvalue weighted by atomic mass is 10.0. The molecule has 2 heteroatoms. The Morgan fingerprint density at radius 3 is 2.71 bits per heavy atom. The Bertz CT molecular complexity index is 237. The summed E-state index contributed by atoms with van der Waals surface area (Å²) < 4.78 is 4.94. The molecule has 1 saturated carbocycles. The molecule has 14 heavy (non-hydrogen) atoms. The van der Waals surface area contributed by atoms with Gasteiger partial charge in [0.1, 0.15) is 0 Å². The van der Waals surface area contributed by atoms with Crippen LogP contribution >= 0.6 is 0 Å². The number of rotatable bonds is 3. The quantitative estimate of drug-likeness (QED) is 0.512. The summed E-state index contributed by atoms with van der Waals surface area (Å²) in [4.78, 5) is 11.2. The average molecular weight is 196 g/mol. The Kier molecular flexibility index (Phi) is 4.18. The first-order valence-corrected chi connectivity index (χ1v) is 5.44. The number of carbonyl (C=O) groups excluding carboxylic acids is 1. The molecular formula is C12H20O2. The zero-order valence-corrected chi connectivity index (χ0v) is 9.43. The third kappa shape index (κ3) is 3.17. The highest BCUT2D eigenvalue weighted by Gasteiger charge is 2.22. The van der Waals surface area contributed by atoms with E-state index in [1.54, 1.807) is 5.57 Å². The SMILES string of the molecule is CCOC(=O)CC1CCC(=C(C)C)C1. The average Bonchev–Trinajstić information content (AvgIpc) is 2.53. The van der Waals surface area contributed by atoms with Crippen LogP contribution in [0.4, 0.5) is 0 Å². The zero-order chi connectivity index (χ0) is 10.6. The number of ether oxygens (including phenoxy) is 1. The van der Waals surface area contributed by atoms with Gasteiger partial charge in [-0.15, -0.1) is 0 Å². The topological polar surface area (TPSA) is 26.3 Å². The summed E-state index contributed by atoms with van der Waals surface area (Å²) in [5.74, 6) is 0.492. The van der Waals surface area contributed by atoms with Gasteiger partial charge in [0, 0.05) is 6.42 Å². The van der Waals surface area contributed by atoms with Crippen molar-refractivity contribution in [3.63, 3.8) is 0 Å². The van der Waals surface area contributed by atoms with Gasteiger partial charge >= 0.3 is 5.97 Å². The molecule has 0 aromatic carbocycles. The second-order valence-corrected chi connectivity index (χ2v) is 4.22. The summed E-state index contributed by atoms with van der Waals surface area (Å²) >= 11 is 0. The minimum absolute atomic E-state index is 0.0347. The molecule has 1 fully saturated rings. The van der Waals surface area contributed by atoms with Gasteiger partial charge in [0.15, 0.2) is 0 Å². The van der Waals surface area contributed by atoms with Crippen molar-refractivity contribution in [3.05, 3.63) is 11.1 Å². The van der Waals surface area contributed by atoms with Crippen molar-refractivity contribution in [3.8, 4) is 0 Å². The monoisotopic (exact) mass is 196 g/mol. The molecule has 1 unspecified atom stereocenters. The van der Waals surface area contributed by atoms with E-state index in [1.807, 2.05) is 6.92 Å². The fraction of sp³-hybridized carbons (Fsp3) is 0.750. The van der Waals surface area contributed by atoms with Crippen molar-refractivity contribution >= 4 is 5.97 Å². The summed E-state index contributed by atoms with van der Waals surface area (Å²) in [7, 11) is 0. The third-order valence-corrected chi connectivity index (χ3v) is 2.86. The molecule has 0 amide bonds. The van der Waals surface area contributed by atoms with E-state index in [4.69, 9.17) is 4.74 Å². The Morgan fingerprint density at radius 1 is 1.50 bits per heavy atom. The largest absolute Gasteiger partial charge is 0.466 e. The predicted molar refractivity (Wildman–Crippen MR) is 57.0 cm³/mol. The van der Waals surface area contributed by atoms with Crippen LogP contribution in [0.3, 0.4) is 0 Å². The molecule has 1 aliphatic carbocycles. The maximum Gasteiger partial charge on any atom is 0.306 e. The molecule has 1 atom stereocenters. The Balaban J connectivity index is 2.36. The first-order chi connectivity index (χ1) is 6.63. The lowest BCUT2D eigenvalue weighted by Gasteiger charge is -2.07. The molecule has 1 rings (SSSR count). The molecule has 0 saturated heterocycles. The van der Waals surface area contributed by atoms with E-state index in [0.717, 1.165) is 12.8 Å². The molecule has 0 spiro atoms. The first-order valence-electron chi connectivity index (χ1n) is 5.44. The highest BCUT2D eigenvalue weighted by atomic mass is 16.5. The van der Waals surface area contributed by atoms with Crippen molar-refractivity contribution in [1.82, 2.24) is 0 Å². The van der Waals surface area contributed by atoms with Gasteiger partial charge in [0.2, 0.25) is 0 Å². The highest BCUT2D eigenvalue weighted by Crippen LogP contribution is 2.34. The second kappa shape index (κ2) is 5.18. The molecule has 0 bridgehead atoms. The van der Waals surface area contributed by atoms with E-state index in [-0.39, 0.29) is 5.97 Å². The third-order valence-electron chi connectivity index (χ3n) is 2.86. The van der Waals surface area contributed by atoms with Crippen LogP contribution in [-0.4, -0.2) is 12.6 Å². The molecule has 0 heterocycles. The fourth-order valence-corrected chi connectivity index (χ4v) is 2.01. The van der Waals surface area contributed by atoms with E-state index >= 15 is 0 Å². The Hall–Kier alpha value is -0.790. The van der Waals surface area contributed by atoms with Crippen molar-refractivity contribution in [2.45, 2.75) is 46.5 Å². The molecule has 1 aliphatic rings. The van der Waals surface area contributed by atoms with Gasteiger partial charge in [-0.3, -0.25) is 4.79 Å². The van der Waals surface area contributed by atoms with E-state index < -0.39 is 0 Å². The Morgan fingerprint density at radius 2 is 2.21 bits per heavy atom. The highest BCUT2D eigenvalue weighted by molar-refractivity contribution is 5.69. The van der Waals surface area contributed by atoms with Gasteiger partial charge in [-0.25, -0.2) is 0 Å². The van der Waals surface area contributed by atoms with Crippen molar-refractivity contribution in [2.75, 3.05) is 6.61 Å². The van der Waals surface area contributed by atoms with E-state index in [9.17, 15) is 4.79 Å². The number of hydrogen-bond donors (Lipinski definition) is 0. The lowest BCUT2D eigenvalue weighted by molar-refractivity contribution is -0.144. The van der Waals surface area contributed by atoms with Crippen LogP contribution in [0.25, 0.3) is 0 Å². The van der Waals surface area contributed by atoms with Gasteiger partial charge < -0.3 is 4.74 Å². The fourth-order valence-electron chi connectivity index (χ4n) is 2.01. The summed E-state index contributed by atoms with van der Waals surface area (Å²) in [5, 5.41) is 0. The zero-order valence-electron chi connectivity index (χ0n) is 9.43. The molecule has 0 N–H and O–H groups in total. The number of carbonyl (C=O) groups is 1. The van der Waals surface area contributed by atoms with E-state index in [0.29, 0.717) is 18.9 Å². The molecule has 80 valence electrons. The number of esters is 1. The lowest BCUT2D eigenvalue weighted by Crippen LogP contribution is -2.09. The van der Waals surface area contributed by atoms with Crippen LogP contribution in [0.2, 0.25) is 0 Å². The van der Waals surface area contributed by atoms with E-state index in [2.05, 4.69) is 13.8 Å². The summed E-state index contributed by atoms with van der Waals surface area (Å²) in [6.45, 7) is 6.67. The van der Waals surface area contributed by atoms with Crippen LogP contribution < -0.4 is 0 Å². The number of hydrogen-bond acceptors (Lipinski definition) is 2.